The van der Waals surface area contributed by atoms with Crippen LogP contribution in [0, 0.1) is 0 Å². The summed E-state index contributed by atoms with van der Waals surface area (Å²) >= 11 is 5.80. The summed E-state index contributed by atoms with van der Waals surface area (Å²) in [6.07, 6.45) is -4.43. The first-order valence-electron chi connectivity index (χ1n) is 4.49. The van der Waals surface area contributed by atoms with Crippen molar-refractivity contribution in [2.75, 3.05) is 0 Å². The van der Waals surface area contributed by atoms with E-state index in [-0.39, 0.29) is 0 Å². The first-order valence-corrected chi connectivity index (χ1v) is 4.87. The molecule has 0 aliphatic heterocycles. The Hall–Kier alpha value is -1.76. The third kappa shape index (κ3) is 6.74. The number of aliphatic carboxylic acids is 1. The number of amides is 1. The second-order valence-electron chi connectivity index (χ2n) is 2.89. The second-order valence-corrected chi connectivity index (χ2v) is 3.30. The number of benzene rings is 1. The molecule has 2 N–H and O–H groups in total. The van der Waals surface area contributed by atoms with E-state index in [2.05, 4.69) is 5.32 Å². The molecular formula is C10H9ClF3NO3. The summed E-state index contributed by atoms with van der Waals surface area (Å²) in [7, 11) is 0. The normalized spacial score (nSPS) is 10.0. The summed E-state index contributed by atoms with van der Waals surface area (Å²) in [5, 5.41) is 10.3. The number of carboxylic acids is 1. The van der Waals surface area contributed by atoms with Crippen molar-refractivity contribution < 1.29 is 27.9 Å². The van der Waals surface area contributed by atoms with Gasteiger partial charge in [0.1, 0.15) is 0 Å². The average Bonchev–Trinajstić information content (AvgIpc) is 2.27. The van der Waals surface area contributed by atoms with Crippen LogP contribution in [0.15, 0.2) is 24.3 Å². The fourth-order valence-electron chi connectivity index (χ4n) is 0.793. The van der Waals surface area contributed by atoms with E-state index in [0.29, 0.717) is 18.0 Å². The molecule has 0 radical (unpaired) electrons. The monoisotopic (exact) mass is 283 g/mol. The lowest BCUT2D eigenvalue weighted by Crippen LogP contribution is -2.21. The number of carbonyl (C=O) groups is 2. The van der Waals surface area contributed by atoms with Gasteiger partial charge in [0.15, 0.2) is 0 Å². The molecule has 1 aromatic rings. The Morgan fingerprint density at radius 1 is 1.39 bits per heavy atom. The molecule has 1 aromatic carbocycles. The molecule has 100 valence electrons. The van der Waals surface area contributed by atoms with Gasteiger partial charge in [-0.3, -0.25) is 4.79 Å². The lowest BCUT2D eigenvalue weighted by atomic mass is 10.2. The summed E-state index contributed by atoms with van der Waals surface area (Å²) < 4.78 is 31.7. The molecule has 0 aromatic heterocycles. The van der Waals surface area contributed by atoms with Gasteiger partial charge in [-0.15, -0.1) is 0 Å². The summed E-state index contributed by atoms with van der Waals surface area (Å²) in [4.78, 5) is 18.8. The van der Waals surface area contributed by atoms with E-state index in [1.807, 2.05) is 18.2 Å². The van der Waals surface area contributed by atoms with Crippen LogP contribution < -0.4 is 5.32 Å². The van der Waals surface area contributed by atoms with E-state index in [1.165, 1.54) is 0 Å². The van der Waals surface area contributed by atoms with Gasteiger partial charge >= 0.3 is 12.1 Å². The van der Waals surface area contributed by atoms with Crippen LogP contribution >= 0.6 is 11.6 Å². The molecule has 1 rings (SSSR count). The zero-order valence-electron chi connectivity index (χ0n) is 8.87. The maximum Gasteiger partial charge on any atom is 0.490 e. The van der Waals surface area contributed by atoms with Gasteiger partial charge in [-0.25, -0.2) is 4.79 Å². The molecule has 0 bridgehead atoms. The van der Waals surface area contributed by atoms with Gasteiger partial charge in [0.05, 0.1) is 0 Å². The van der Waals surface area contributed by atoms with Crippen LogP contribution in [0.4, 0.5) is 13.2 Å². The average molecular weight is 284 g/mol. The second kappa shape index (κ2) is 7.54. The van der Waals surface area contributed by atoms with Crippen LogP contribution in [-0.4, -0.2) is 23.7 Å². The minimum Gasteiger partial charge on any atom is -0.475 e. The molecule has 4 nitrogen and oxygen atoms in total. The highest BCUT2D eigenvalue weighted by molar-refractivity contribution is 6.31. The maximum absolute atomic E-state index is 10.6. The SMILES string of the molecule is O=C(O)C(F)(F)F.O=CNCc1ccccc1Cl. The first kappa shape index (κ1) is 16.2. The number of rotatable bonds is 3. The quantitative estimate of drug-likeness (QED) is 0.836. The first-order chi connectivity index (χ1) is 8.29. The predicted molar refractivity (Wildman–Crippen MR) is 58.0 cm³/mol. The lowest BCUT2D eigenvalue weighted by Gasteiger charge is -2.00. The standard InChI is InChI=1S/C8H8ClNO.C2HF3O2/c9-8-4-2-1-3-7(8)5-10-6-11;3-2(4,5)1(6)7/h1-4,6H,5H2,(H,10,11);(H,6,7). The van der Waals surface area contributed by atoms with Crippen molar-refractivity contribution in [2.45, 2.75) is 12.7 Å². The van der Waals surface area contributed by atoms with Gasteiger partial charge in [-0.1, -0.05) is 29.8 Å². The fourth-order valence-corrected chi connectivity index (χ4v) is 0.996. The Labute approximate surface area is 105 Å². The number of nitrogens with one attached hydrogen (secondary N) is 1. The van der Waals surface area contributed by atoms with Gasteiger partial charge in [0.25, 0.3) is 0 Å². The third-order valence-corrected chi connectivity index (χ3v) is 1.94. The van der Waals surface area contributed by atoms with E-state index < -0.39 is 12.1 Å². The van der Waals surface area contributed by atoms with Crippen molar-refractivity contribution in [1.29, 1.82) is 0 Å². The molecule has 0 unspecified atom stereocenters. The summed E-state index contributed by atoms with van der Waals surface area (Å²) in [5.74, 6) is -2.76. The molecule has 0 saturated carbocycles. The molecule has 1 amide bonds. The molecule has 0 heterocycles. The Balaban J connectivity index is 0.000000360. The molecule has 0 saturated heterocycles. The van der Waals surface area contributed by atoms with Gasteiger partial charge in [0, 0.05) is 11.6 Å². The Morgan fingerprint density at radius 2 is 1.89 bits per heavy atom. The third-order valence-electron chi connectivity index (χ3n) is 1.58. The van der Waals surface area contributed by atoms with E-state index in [9.17, 15) is 18.0 Å². The number of carboxylic acid groups (broad SMARTS) is 1. The molecular weight excluding hydrogens is 275 g/mol. The maximum atomic E-state index is 10.6. The smallest absolute Gasteiger partial charge is 0.475 e. The Kier molecular flexibility index (Phi) is 6.81. The van der Waals surface area contributed by atoms with Gasteiger partial charge in [-0.2, -0.15) is 13.2 Å². The van der Waals surface area contributed by atoms with Crippen LogP contribution in [0.3, 0.4) is 0 Å². The van der Waals surface area contributed by atoms with Gasteiger partial charge in [-0.05, 0) is 11.6 Å². The Morgan fingerprint density at radius 3 is 2.28 bits per heavy atom. The predicted octanol–water partition coefficient (Wildman–Crippen LogP) is 2.22. The van der Waals surface area contributed by atoms with Crippen LogP contribution in [0.25, 0.3) is 0 Å². The largest absolute Gasteiger partial charge is 0.490 e. The highest BCUT2D eigenvalue weighted by Gasteiger charge is 2.38. The lowest BCUT2D eigenvalue weighted by molar-refractivity contribution is -0.192. The number of halogens is 4. The van der Waals surface area contributed by atoms with Crippen LogP contribution in [0.2, 0.25) is 5.02 Å². The summed E-state index contributed by atoms with van der Waals surface area (Å²) in [6.45, 7) is 0.489. The van der Waals surface area contributed by atoms with Crippen molar-refractivity contribution in [2.24, 2.45) is 0 Å². The molecule has 0 spiro atoms. The molecule has 0 fully saturated rings. The number of hydrogen-bond acceptors (Lipinski definition) is 2. The zero-order valence-corrected chi connectivity index (χ0v) is 9.63. The molecule has 0 aliphatic rings. The highest BCUT2D eigenvalue weighted by Crippen LogP contribution is 2.14. The summed E-state index contributed by atoms with van der Waals surface area (Å²) in [5.41, 5.74) is 0.932. The van der Waals surface area contributed by atoms with Crippen LogP contribution in [0.5, 0.6) is 0 Å². The molecule has 18 heavy (non-hydrogen) atoms. The number of alkyl halides is 3. The van der Waals surface area contributed by atoms with E-state index in [4.69, 9.17) is 21.5 Å². The molecule has 8 heteroatoms. The number of carbonyl (C=O) groups excluding carboxylic acids is 1. The topological polar surface area (TPSA) is 66.4 Å². The van der Waals surface area contributed by atoms with E-state index >= 15 is 0 Å². The Bertz CT molecular complexity index is 410. The van der Waals surface area contributed by atoms with E-state index in [1.54, 1.807) is 6.07 Å². The number of hydrogen-bond donors (Lipinski definition) is 2. The zero-order chi connectivity index (χ0) is 14.2. The minimum absolute atomic E-state index is 0.489. The highest BCUT2D eigenvalue weighted by atomic mass is 35.5. The minimum atomic E-state index is -5.08. The van der Waals surface area contributed by atoms with Crippen molar-refractivity contribution in [1.82, 2.24) is 5.32 Å². The molecule has 0 aliphatic carbocycles. The fraction of sp³-hybridized carbons (Fsp3) is 0.200. The van der Waals surface area contributed by atoms with Gasteiger partial charge in [0.2, 0.25) is 6.41 Å². The van der Waals surface area contributed by atoms with Crippen LogP contribution in [-0.2, 0) is 16.1 Å². The van der Waals surface area contributed by atoms with Crippen molar-refractivity contribution in [3.05, 3.63) is 34.9 Å². The van der Waals surface area contributed by atoms with E-state index in [0.717, 1.165) is 5.56 Å². The van der Waals surface area contributed by atoms with Crippen LogP contribution in [0.1, 0.15) is 5.56 Å². The van der Waals surface area contributed by atoms with Crippen molar-refractivity contribution in [3.8, 4) is 0 Å². The summed E-state index contributed by atoms with van der Waals surface area (Å²) in [6, 6.07) is 7.41. The van der Waals surface area contributed by atoms with Crippen molar-refractivity contribution in [3.63, 3.8) is 0 Å². The van der Waals surface area contributed by atoms with Crippen molar-refractivity contribution >= 4 is 24.0 Å². The van der Waals surface area contributed by atoms with Gasteiger partial charge < -0.3 is 10.4 Å². The molecule has 0 atom stereocenters.